The first kappa shape index (κ1) is 14.9. The van der Waals surface area contributed by atoms with Gasteiger partial charge in [-0.05, 0) is 29.8 Å². The molecule has 2 aromatic heterocycles. The summed E-state index contributed by atoms with van der Waals surface area (Å²) in [6.45, 7) is 0.207. The van der Waals surface area contributed by atoms with Gasteiger partial charge in [-0.15, -0.1) is 5.10 Å². The second kappa shape index (κ2) is 6.11. The zero-order valence-electron chi connectivity index (χ0n) is 13.2. The van der Waals surface area contributed by atoms with Crippen LogP contribution >= 0.6 is 0 Å². The number of aromatic nitrogens is 4. The van der Waals surface area contributed by atoms with Gasteiger partial charge in [0.05, 0.1) is 0 Å². The number of carbonyl (C=O) groups excluding carboxylic acids is 1. The monoisotopic (exact) mass is 339 g/mol. The van der Waals surface area contributed by atoms with E-state index in [4.69, 9.17) is 13.9 Å². The molecule has 0 bridgehead atoms. The maximum Gasteiger partial charge on any atom is 0.322 e. The van der Waals surface area contributed by atoms with E-state index in [9.17, 15) is 4.79 Å². The highest BCUT2D eigenvalue weighted by molar-refractivity contribution is 6.00. The number of fused-ring (bicyclic) bond motifs is 1. The van der Waals surface area contributed by atoms with E-state index < -0.39 is 5.91 Å². The Morgan fingerprint density at radius 1 is 1.24 bits per heavy atom. The largest absolute Gasteiger partial charge is 0.454 e. The molecule has 9 heteroatoms. The summed E-state index contributed by atoms with van der Waals surface area (Å²) in [4.78, 5) is 12.0. The number of aryl methyl sites for hydroxylation is 1. The SMILES string of the molecule is Cn1ccc(-c2nnc(NC(=O)C=Cc3ccc4c(c3)OCO4)o2)n1. The topological polar surface area (TPSA) is 104 Å². The molecule has 0 radical (unpaired) electrons. The van der Waals surface area contributed by atoms with E-state index in [0.717, 1.165) is 5.56 Å². The van der Waals surface area contributed by atoms with Gasteiger partial charge in [-0.2, -0.15) is 5.10 Å². The molecule has 1 N–H and O–H groups in total. The molecule has 0 saturated heterocycles. The number of rotatable bonds is 4. The minimum atomic E-state index is -0.395. The Morgan fingerprint density at radius 2 is 2.12 bits per heavy atom. The summed E-state index contributed by atoms with van der Waals surface area (Å²) in [5.41, 5.74) is 1.34. The van der Waals surface area contributed by atoms with Crippen LogP contribution < -0.4 is 14.8 Å². The zero-order valence-corrected chi connectivity index (χ0v) is 13.2. The molecule has 1 amide bonds. The molecule has 25 heavy (non-hydrogen) atoms. The fourth-order valence-electron chi connectivity index (χ4n) is 2.24. The van der Waals surface area contributed by atoms with Crippen molar-refractivity contribution in [3.8, 4) is 23.1 Å². The van der Waals surface area contributed by atoms with Gasteiger partial charge in [-0.3, -0.25) is 14.8 Å². The van der Waals surface area contributed by atoms with Crippen LogP contribution in [0.1, 0.15) is 5.56 Å². The highest BCUT2D eigenvalue weighted by atomic mass is 16.7. The van der Waals surface area contributed by atoms with E-state index in [2.05, 4.69) is 20.6 Å². The fraction of sp³-hybridized carbons (Fsp3) is 0.125. The Labute approximate surface area is 141 Å². The predicted molar refractivity (Wildman–Crippen MR) is 86.7 cm³/mol. The molecule has 3 aromatic rings. The summed E-state index contributed by atoms with van der Waals surface area (Å²) < 4.78 is 17.5. The summed E-state index contributed by atoms with van der Waals surface area (Å²) in [5, 5.41) is 14.3. The molecular weight excluding hydrogens is 326 g/mol. The molecule has 1 aromatic carbocycles. The number of benzene rings is 1. The minimum Gasteiger partial charge on any atom is -0.454 e. The summed E-state index contributed by atoms with van der Waals surface area (Å²) in [6.07, 6.45) is 4.77. The second-order valence-corrected chi connectivity index (χ2v) is 5.22. The summed E-state index contributed by atoms with van der Waals surface area (Å²) in [6, 6.07) is 7.14. The standard InChI is InChI=1S/C16H13N5O4/c1-21-7-6-11(20-21)15-18-19-16(25-15)17-14(22)5-3-10-2-4-12-13(8-10)24-9-23-12/h2-8H,9H2,1H3,(H,17,19,22). The number of carbonyl (C=O) groups is 1. The lowest BCUT2D eigenvalue weighted by Crippen LogP contribution is -2.07. The van der Waals surface area contributed by atoms with Crippen molar-refractivity contribution in [2.24, 2.45) is 7.05 Å². The number of nitrogens with zero attached hydrogens (tertiary/aromatic N) is 4. The maximum absolute atomic E-state index is 12.0. The van der Waals surface area contributed by atoms with Crippen LogP contribution in [0.3, 0.4) is 0 Å². The van der Waals surface area contributed by atoms with Crippen LogP contribution in [0.2, 0.25) is 0 Å². The molecule has 3 heterocycles. The third-order valence-electron chi connectivity index (χ3n) is 3.41. The maximum atomic E-state index is 12.0. The minimum absolute atomic E-state index is 0.000916. The van der Waals surface area contributed by atoms with Gasteiger partial charge in [0.2, 0.25) is 6.79 Å². The Hall–Kier alpha value is -3.62. The molecule has 0 atom stereocenters. The van der Waals surface area contributed by atoms with Gasteiger partial charge >= 0.3 is 6.01 Å². The van der Waals surface area contributed by atoms with Crippen LogP contribution in [0.25, 0.3) is 17.7 Å². The quantitative estimate of drug-likeness (QED) is 0.723. The van der Waals surface area contributed by atoms with Gasteiger partial charge in [0.1, 0.15) is 5.69 Å². The summed E-state index contributed by atoms with van der Waals surface area (Å²) in [7, 11) is 1.78. The van der Waals surface area contributed by atoms with Crippen molar-refractivity contribution >= 4 is 18.0 Å². The lowest BCUT2D eigenvalue weighted by Gasteiger charge is -1.98. The Kier molecular flexibility index (Phi) is 3.65. The molecular formula is C16H13N5O4. The molecule has 0 saturated carbocycles. The Balaban J connectivity index is 1.41. The molecule has 9 nitrogen and oxygen atoms in total. The van der Waals surface area contributed by atoms with Gasteiger partial charge in [0.15, 0.2) is 11.5 Å². The van der Waals surface area contributed by atoms with Gasteiger partial charge in [0, 0.05) is 19.3 Å². The summed E-state index contributed by atoms with van der Waals surface area (Å²) >= 11 is 0. The molecule has 1 aliphatic heterocycles. The molecule has 0 spiro atoms. The van der Waals surface area contributed by atoms with Crippen LogP contribution in [-0.4, -0.2) is 32.7 Å². The predicted octanol–water partition coefficient (Wildman–Crippen LogP) is 1.85. The highest BCUT2D eigenvalue weighted by Gasteiger charge is 2.13. The van der Waals surface area contributed by atoms with Crippen molar-refractivity contribution in [1.82, 2.24) is 20.0 Å². The molecule has 0 unspecified atom stereocenters. The molecule has 0 aliphatic carbocycles. The first-order chi connectivity index (χ1) is 12.2. The average Bonchev–Trinajstić information content (AvgIpc) is 3.32. The van der Waals surface area contributed by atoms with Crippen molar-refractivity contribution < 1.29 is 18.7 Å². The van der Waals surface area contributed by atoms with Crippen molar-refractivity contribution in [1.29, 1.82) is 0 Å². The first-order valence-electron chi connectivity index (χ1n) is 7.39. The van der Waals surface area contributed by atoms with E-state index in [1.54, 1.807) is 42.2 Å². The normalized spacial score (nSPS) is 12.7. The van der Waals surface area contributed by atoms with Gasteiger partial charge in [-0.25, -0.2) is 0 Å². The number of ether oxygens (including phenoxy) is 2. The van der Waals surface area contributed by atoms with Crippen molar-refractivity contribution in [2.75, 3.05) is 12.1 Å². The number of hydrogen-bond donors (Lipinski definition) is 1. The number of anilines is 1. The lowest BCUT2D eigenvalue weighted by atomic mass is 10.2. The molecule has 0 fully saturated rings. The second-order valence-electron chi connectivity index (χ2n) is 5.22. The number of nitrogens with one attached hydrogen (secondary N) is 1. The van der Waals surface area contributed by atoms with Crippen molar-refractivity contribution in [2.45, 2.75) is 0 Å². The lowest BCUT2D eigenvalue weighted by molar-refractivity contribution is -0.112. The number of hydrogen-bond acceptors (Lipinski definition) is 7. The molecule has 4 rings (SSSR count). The van der Waals surface area contributed by atoms with Crippen LogP contribution in [0, 0.1) is 0 Å². The van der Waals surface area contributed by atoms with Crippen LogP contribution in [0.5, 0.6) is 11.5 Å². The van der Waals surface area contributed by atoms with E-state index in [-0.39, 0.29) is 18.7 Å². The third kappa shape index (κ3) is 3.20. The summed E-state index contributed by atoms with van der Waals surface area (Å²) in [5.74, 6) is 1.18. The van der Waals surface area contributed by atoms with E-state index in [1.807, 2.05) is 6.07 Å². The Morgan fingerprint density at radius 3 is 2.96 bits per heavy atom. The fourth-order valence-corrected chi connectivity index (χ4v) is 2.24. The van der Waals surface area contributed by atoms with Gasteiger partial charge in [-0.1, -0.05) is 11.2 Å². The smallest absolute Gasteiger partial charge is 0.322 e. The van der Waals surface area contributed by atoms with Crippen LogP contribution in [-0.2, 0) is 11.8 Å². The van der Waals surface area contributed by atoms with Gasteiger partial charge in [0.25, 0.3) is 11.8 Å². The number of amides is 1. The van der Waals surface area contributed by atoms with E-state index >= 15 is 0 Å². The van der Waals surface area contributed by atoms with Gasteiger partial charge < -0.3 is 13.9 Å². The molecule has 126 valence electrons. The Bertz CT molecular complexity index is 959. The van der Waals surface area contributed by atoms with E-state index in [1.165, 1.54) is 6.08 Å². The first-order valence-corrected chi connectivity index (χ1v) is 7.39. The van der Waals surface area contributed by atoms with Crippen molar-refractivity contribution in [3.05, 3.63) is 42.1 Å². The third-order valence-corrected chi connectivity index (χ3v) is 3.41. The van der Waals surface area contributed by atoms with Crippen molar-refractivity contribution in [3.63, 3.8) is 0 Å². The average molecular weight is 339 g/mol. The van der Waals surface area contributed by atoms with E-state index in [0.29, 0.717) is 17.2 Å². The highest BCUT2D eigenvalue weighted by Crippen LogP contribution is 2.32. The van der Waals surface area contributed by atoms with Crippen LogP contribution in [0.4, 0.5) is 6.01 Å². The van der Waals surface area contributed by atoms with Crippen LogP contribution in [0.15, 0.2) is 41.0 Å². The zero-order chi connectivity index (χ0) is 17.2. The molecule has 1 aliphatic rings.